The SMILES string of the molecule is CC(C(=O)NC1CCCCC1)N(C(=O)c1ccc(-c2ccccc2)[nH]1)c1ccc(C2CCCCC2)cc1. The number of aromatic amines is 1. The Balaban J connectivity index is 1.41. The largest absolute Gasteiger partial charge is 0.352 e. The zero-order chi connectivity index (χ0) is 25.6. The molecule has 2 amide bonds. The van der Waals surface area contributed by atoms with Crippen LogP contribution in [0.25, 0.3) is 11.3 Å². The number of amides is 2. The molecule has 194 valence electrons. The van der Waals surface area contributed by atoms with Crippen molar-refractivity contribution in [3.05, 3.63) is 78.0 Å². The minimum absolute atomic E-state index is 0.0913. The summed E-state index contributed by atoms with van der Waals surface area (Å²) < 4.78 is 0. The normalized spacial score (nSPS) is 17.8. The smallest absolute Gasteiger partial charge is 0.275 e. The third-order valence-electron chi connectivity index (χ3n) is 8.19. The molecule has 37 heavy (non-hydrogen) atoms. The molecule has 0 saturated heterocycles. The van der Waals surface area contributed by atoms with Crippen molar-refractivity contribution in [2.75, 3.05) is 4.90 Å². The molecule has 2 N–H and O–H groups in total. The predicted molar refractivity (Wildman–Crippen MR) is 150 cm³/mol. The highest BCUT2D eigenvalue weighted by Crippen LogP contribution is 2.34. The van der Waals surface area contributed by atoms with Crippen molar-refractivity contribution in [1.82, 2.24) is 10.3 Å². The molecular formula is C32H39N3O2. The van der Waals surface area contributed by atoms with E-state index >= 15 is 0 Å². The second-order valence-corrected chi connectivity index (χ2v) is 10.8. The van der Waals surface area contributed by atoms with Gasteiger partial charge in [-0.2, -0.15) is 0 Å². The van der Waals surface area contributed by atoms with Gasteiger partial charge in [-0.15, -0.1) is 0 Å². The summed E-state index contributed by atoms with van der Waals surface area (Å²) in [5.41, 5.74) is 4.48. The van der Waals surface area contributed by atoms with E-state index in [9.17, 15) is 9.59 Å². The highest BCUT2D eigenvalue weighted by atomic mass is 16.2. The number of H-pyrrole nitrogens is 1. The summed E-state index contributed by atoms with van der Waals surface area (Å²) in [6.45, 7) is 1.84. The van der Waals surface area contributed by atoms with Crippen LogP contribution in [0.5, 0.6) is 0 Å². The summed E-state index contributed by atoms with van der Waals surface area (Å²) in [7, 11) is 0. The maximum Gasteiger partial charge on any atom is 0.275 e. The Morgan fingerprint density at radius 3 is 2.14 bits per heavy atom. The fraction of sp³-hybridized carbons (Fsp3) is 0.438. The molecule has 2 fully saturated rings. The van der Waals surface area contributed by atoms with E-state index in [1.807, 2.05) is 61.5 Å². The van der Waals surface area contributed by atoms with E-state index < -0.39 is 6.04 Å². The molecule has 5 rings (SSSR count). The van der Waals surface area contributed by atoms with Crippen molar-refractivity contribution < 1.29 is 9.59 Å². The van der Waals surface area contributed by atoms with Crippen molar-refractivity contribution in [2.24, 2.45) is 0 Å². The molecule has 5 nitrogen and oxygen atoms in total. The first kappa shape index (κ1) is 25.3. The molecule has 0 radical (unpaired) electrons. The van der Waals surface area contributed by atoms with Crippen LogP contribution < -0.4 is 10.2 Å². The number of benzene rings is 2. The number of carbonyl (C=O) groups excluding carboxylic acids is 2. The van der Waals surface area contributed by atoms with Crippen molar-refractivity contribution >= 4 is 17.5 Å². The van der Waals surface area contributed by atoms with Gasteiger partial charge >= 0.3 is 0 Å². The number of hydrogen-bond acceptors (Lipinski definition) is 2. The molecule has 0 spiro atoms. The molecule has 1 unspecified atom stereocenters. The number of rotatable bonds is 7. The monoisotopic (exact) mass is 497 g/mol. The molecule has 0 bridgehead atoms. The number of nitrogens with one attached hydrogen (secondary N) is 2. The fourth-order valence-electron chi connectivity index (χ4n) is 5.98. The van der Waals surface area contributed by atoms with Gasteiger partial charge in [-0.25, -0.2) is 0 Å². The van der Waals surface area contributed by atoms with Crippen LogP contribution in [0.2, 0.25) is 0 Å². The summed E-state index contributed by atoms with van der Waals surface area (Å²) in [5.74, 6) is 0.307. The summed E-state index contributed by atoms with van der Waals surface area (Å²) in [4.78, 5) is 32.3. The Hall–Kier alpha value is -3.34. The minimum atomic E-state index is -0.626. The third kappa shape index (κ3) is 5.98. The minimum Gasteiger partial charge on any atom is -0.352 e. The van der Waals surface area contributed by atoms with E-state index in [0.717, 1.165) is 42.6 Å². The highest BCUT2D eigenvalue weighted by Gasteiger charge is 2.31. The van der Waals surface area contributed by atoms with Crippen LogP contribution in [0.4, 0.5) is 5.69 Å². The lowest BCUT2D eigenvalue weighted by Crippen LogP contribution is -2.51. The van der Waals surface area contributed by atoms with Gasteiger partial charge in [0, 0.05) is 17.4 Å². The van der Waals surface area contributed by atoms with E-state index in [4.69, 9.17) is 0 Å². The average molecular weight is 498 g/mol. The first-order chi connectivity index (χ1) is 18.1. The Kier molecular flexibility index (Phi) is 8.08. The molecule has 0 aliphatic heterocycles. The molecule has 2 aromatic carbocycles. The van der Waals surface area contributed by atoms with Gasteiger partial charge < -0.3 is 10.3 Å². The van der Waals surface area contributed by atoms with E-state index in [0.29, 0.717) is 11.6 Å². The van der Waals surface area contributed by atoms with Crippen LogP contribution >= 0.6 is 0 Å². The number of carbonyl (C=O) groups is 2. The molecule has 2 aliphatic rings. The van der Waals surface area contributed by atoms with Gasteiger partial charge in [-0.05, 0) is 73.9 Å². The maximum absolute atomic E-state index is 13.9. The molecule has 2 saturated carbocycles. The lowest BCUT2D eigenvalue weighted by Gasteiger charge is -2.31. The van der Waals surface area contributed by atoms with Crippen LogP contribution in [0.3, 0.4) is 0 Å². The van der Waals surface area contributed by atoms with Gasteiger partial charge in [0.25, 0.3) is 5.91 Å². The lowest BCUT2D eigenvalue weighted by atomic mass is 9.84. The summed E-state index contributed by atoms with van der Waals surface area (Å²) in [6.07, 6.45) is 11.9. The fourth-order valence-corrected chi connectivity index (χ4v) is 5.98. The number of hydrogen-bond donors (Lipinski definition) is 2. The molecule has 2 aliphatic carbocycles. The van der Waals surface area contributed by atoms with Crippen LogP contribution in [0, 0.1) is 0 Å². The lowest BCUT2D eigenvalue weighted by molar-refractivity contribution is -0.122. The second kappa shape index (κ2) is 11.8. The summed E-state index contributed by atoms with van der Waals surface area (Å²) >= 11 is 0. The van der Waals surface area contributed by atoms with E-state index in [-0.39, 0.29) is 17.9 Å². The van der Waals surface area contributed by atoms with E-state index in [1.54, 1.807) is 4.90 Å². The molecule has 1 heterocycles. The molecule has 3 aromatic rings. The molecular weight excluding hydrogens is 458 g/mol. The summed E-state index contributed by atoms with van der Waals surface area (Å²) in [6, 6.07) is 21.6. The zero-order valence-electron chi connectivity index (χ0n) is 21.9. The molecule has 5 heteroatoms. The van der Waals surface area contributed by atoms with Crippen molar-refractivity contribution in [3.8, 4) is 11.3 Å². The van der Waals surface area contributed by atoms with Crippen LogP contribution in [0.1, 0.15) is 93.1 Å². The summed E-state index contributed by atoms with van der Waals surface area (Å²) in [5, 5.41) is 3.23. The van der Waals surface area contributed by atoms with Crippen molar-refractivity contribution in [1.29, 1.82) is 0 Å². The van der Waals surface area contributed by atoms with Crippen LogP contribution in [0.15, 0.2) is 66.7 Å². The van der Waals surface area contributed by atoms with Gasteiger partial charge in [-0.3, -0.25) is 14.5 Å². The van der Waals surface area contributed by atoms with Gasteiger partial charge in [-0.1, -0.05) is 81.0 Å². The highest BCUT2D eigenvalue weighted by molar-refractivity contribution is 6.09. The first-order valence-electron chi connectivity index (χ1n) is 14.1. The predicted octanol–water partition coefficient (Wildman–Crippen LogP) is 7.21. The van der Waals surface area contributed by atoms with Crippen LogP contribution in [-0.2, 0) is 4.79 Å². The Labute approximate surface area is 220 Å². The van der Waals surface area contributed by atoms with Gasteiger partial charge in [0.15, 0.2) is 0 Å². The maximum atomic E-state index is 13.9. The van der Waals surface area contributed by atoms with Gasteiger partial charge in [0.1, 0.15) is 11.7 Å². The van der Waals surface area contributed by atoms with E-state index in [1.165, 1.54) is 44.1 Å². The topological polar surface area (TPSA) is 65.2 Å². The number of aromatic nitrogens is 1. The van der Waals surface area contributed by atoms with Gasteiger partial charge in [0.2, 0.25) is 5.91 Å². The van der Waals surface area contributed by atoms with Crippen molar-refractivity contribution in [3.63, 3.8) is 0 Å². The second-order valence-electron chi connectivity index (χ2n) is 10.8. The first-order valence-corrected chi connectivity index (χ1v) is 14.1. The average Bonchev–Trinajstić information content (AvgIpc) is 3.46. The van der Waals surface area contributed by atoms with Crippen molar-refractivity contribution in [2.45, 2.75) is 89.1 Å². The molecule has 1 atom stereocenters. The Morgan fingerprint density at radius 1 is 0.811 bits per heavy atom. The standard InChI is InChI=1S/C32H39N3O2/c1-23(31(36)33-27-15-9-4-10-16-27)35(28-19-17-25(18-20-28)24-11-5-2-6-12-24)32(37)30-22-21-29(34-30)26-13-7-3-8-14-26/h3,7-8,13-14,17-24,27,34H,2,4-6,9-12,15-16H2,1H3,(H,33,36). The van der Waals surface area contributed by atoms with E-state index in [2.05, 4.69) is 22.4 Å². The number of anilines is 1. The number of nitrogens with zero attached hydrogens (tertiary/aromatic N) is 1. The molecule has 1 aromatic heterocycles. The van der Waals surface area contributed by atoms with Crippen LogP contribution in [-0.4, -0.2) is 28.9 Å². The van der Waals surface area contributed by atoms with Gasteiger partial charge in [0.05, 0.1) is 0 Å². The Bertz CT molecular complexity index is 1170. The third-order valence-corrected chi connectivity index (χ3v) is 8.19. The zero-order valence-corrected chi connectivity index (χ0v) is 21.9. The quantitative estimate of drug-likeness (QED) is 0.362. The Morgan fingerprint density at radius 2 is 1.46 bits per heavy atom.